The van der Waals surface area contributed by atoms with Gasteiger partial charge in [0.25, 0.3) is 0 Å². The standard InChI is InChI=1S/C10H18O5/c1-5-9(3,7(11)12)15-10(4,6-2)8(13)14/h5-6H2,1-4H3,(H,11,12)(H,13,14). The fourth-order valence-electron chi connectivity index (χ4n) is 1.03. The van der Waals surface area contributed by atoms with Gasteiger partial charge in [-0.2, -0.15) is 0 Å². The first-order chi connectivity index (χ1) is 6.72. The van der Waals surface area contributed by atoms with Crippen LogP contribution in [-0.4, -0.2) is 33.4 Å². The third-order valence-electron chi connectivity index (χ3n) is 2.70. The van der Waals surface area contributed by atoms with Crippen LogP contribution in [0.25, 0.3) is 0 Å². The molecular formula is C10H18O5. The summed E-state index contributed by atoms with van der Waals surface area (Å²) in [6.45, 7) is 6.05. The molecule has 88 valence electrons. The van der Waals surface area contributed by atoms with Gasteiger partial charge >= 0.3 is 11.9 Å². The zero-order valence-electron chi connectivity index (χ0n) is 9.53. The average Bonchev–Trinajstić information content (AvgIpc) is 2.16. The van der Waals surface area contributed by atoms with Gasteiger partial charge in [-0.25, -0.2) is 9.59 Å². The molecule has 0 spiro atoms. The summed E-state index contributed by atoms with van der Waals surface area (Å²) in [5, 5.41) is 17.9. The van der Waals surface area contributed by atoms with Crippen LogP contribution in [0, 0.1) is 0 Å². The molecule has 0 aliphatic rings. The second-order valence-corrected chi connectivity index (χ2v) is 3.88. The van der Waals surface area contributed by atoms with Gasteiger partial charge in [0, 0.05) is 0 Å². The van der Waals surface area contributed by atoms with E-state index in [2.05, 4.69) is 0 Å². The molecule has 5 heteroatoms. The van der Waals surface area contributed by atoms with Gasteiger partial charge in [0.15, 0.2) is 11.2 Å². The van der Waals surface area contributed by atoms with Crippen molar-refractivity contribution in [1.82, 2.24) is 0 Å². The first kappa shape index (κ1) is 13.9. The number of carboxylic acid groups (broad SMARTS) is 2. The molecule has 2 N–H and O–H groups in total. The van der Waals surface area contributed by atoms with Crippen molar-refractivity contribution in [3.8, 4) is 0 Å². The van der Waals surface area contributed by atoms with E-state index in [-0.39, 0.29) is 12.8 Å². The summed E-state index contributed by atoms with van der Waals surface area (Å²) < 4.78 is 5.25. The predicted molar refractivity (Wildman–Crippen MR) is 53.7 cm³/mol. The van der Waals surface area contributed by atoms with Gasteiger partial charge in [-0.3, -0.25) is 0 Å². The number of aliphatic carboxylic acids is 2. The molecule has 0 radical (unpaired) electrons. The van der Waals surface area contributed by atoms with Crippen molar-refractivity contribution >= 4 is 11.9 Å². The van der Waals surface area contributed by atoms with Crippen LogP contribution in [0.4, 0.5) is 0 Å². The maximum atomic E-state index is 11.0. The molecule has 0 rings (SSSR count). The highest BCUT2D eigenvalue weighted by molar-refractivity contribution is 5.80. The van der Waals surface area contributed by atoms with Crippen LogP contribution in [0.15, 0.2) is 0 Å². The van der Waals surface area contributed by atoms with Crippen LogP contribution in [0.3, 0.4) is 0 Å². The van der Waals surface area contributed by atoms with Crippen molar-refractivity contribution in [2.45, 2.75) is 51.7 Å². The zero-order valence-corrected chi connectivity index (χ0v) is 9.53. The third kappa shape index (κ3) is 2.92. The summed E-state index contributed by atoms with van der Waals surface area (Å²) >= 11 is 0. The molecule has 0 heterocycles. The maximum Gasteiger partial charge on any atom is 0.335 e. The molecule has 5 nitrogen and oxygen atoms in total. The van der Waals surface area contributed by atoms with E-state index in [0.29, 0.717) is 0 Å². The topological polar surface area (TPSA) is 83.8 Å². The molecule has 0 amide bonds. The molecular weight excluding hydrogens is 200 g/mol. The summed E-state index contributed by atoms with van der Waals surface area (Å²) in [7, 11) is 0. The van der Waals surface area contributed by atoms with Gasteiger partial charge in [0.05, 0.1) is 0 Å². The molecule has 0 aromatic carbocycles. The Balaban J connectivity index is 4.95. The van der Waals surface area contributed by atoms with Gasteiger partial charge in [-0.1, -0.05) is 13.8 Å². The Hall–Kier alpha value is -1.10. The van der Waals surface area contributed by atoms with E-state index in [1.807, 2.05) is 0 Å². The van der Waals surface area contributed by atoms with Crippen LogP contribution in [0.5, 0.6) is 0 Å². The minimum atomic E-state index is -1.46. The Kier molecular flexibility index (Phi) is 4.27. The number of carbonyl (C=O) groups is 2. The Labute approximate surface area is 89.0 Å². The smallest absolute Gasteiger partial charge is 0.335 e. The zero-order chi connectivity index (χ0) is 12.3. The number of carboxylic acids is 2. The molecule has 15 heavy (non-hydrogen) atoms. The molecule has 0 aliphatic heterocycles. The largest absolute Gasteiger partial charge is 0.479 e. The number of hydrogen-bond donors (Lipinski definition) is 2. The molecule has 0 saturated carbocycles. The van der Waals surface area contributed by atoms with Crippen molar-refractivity contribution in [1.29, 1.82) is 0 Å². The highest BCUT2D eigenvalue weighted by Crippen LogP contribution is 2.26. The SMILES string of the molecule is CCC(C)(OC(C)(CC)C(=O)O)C(=O)O. The molecule has 0 bridgehead atoms. The second-order valence-electron chi connectivity index (χ2n) is 3.88. The van der Waals surface area contributed by atoms with E-state index < -0.39 is 23.1 Å². The minimum absolute atomic E-state index is 0.213. The van der Waals surface area contributed by atoms with Crippen LogP contribution < -0.4 is 0 Å². The normalized spacial score (nSPS) is 18.9. The summed E-state index contributed by atoms with van der Waals surface area (Å²) in [6, 6.07) is 0. The van der Waals surface area contributed by atoms with Crippen molar-refractivity contribution < 1.29 is 24.5 Å². The van der Waals surface area contributed by atoms with E-state index in [0.717, 1.165) is 0 Å². The van der Waals surface area contributed by atoms with Gasteiger partial charge in [-0.15, -0.1) is 0 Å². The lowest BCUT2D eigenvalue weighted by molar-refractivity contribution is -0.199. The summed E-state index contributed by atoms with van der Waals surface area (Å²) in [5.41, 5.74) is -2.91. The third-order valence-corrected chi connectivity index (χ3v) is 2.70. The highest BCUT2D eigenvalue weighted by Gasteiger charge is 2.43. The minimum Gasteiger partial charge on any atom is -0.479 e. The van der Waals surface area contributed by atoms with Crippen molar-refractivity contribution in [3.63, 3.8) is 0 Å². The lowest BCUT2D eigenvalue weighted by atomic mass is 9.98. The van der Waals surface area contributed by atoms with E-state index in [4.69, 9.17) is 14.9 Å². The van der Waals surface area contributed by atoms with Gasteiger partial charge in [-0.05, 0) is 26.7 Å². The summed E-state index contributed by atoms with van der Waals surface area (Å²) in [5.74, 6) is -2.29. The molecule has 2 unspecified atom stereocenters. The molecule has 2 atom stereocenters. The molecule has 0 aromatic heterocycles. The Bertz CT molecular complexity index is 237. The first-order valence-corrected chi connectivity index (χ1v) is 4.89. The second kappa shape index (κ2) is 4.61. The maximum absolute atomic E-state index is 11.0. The lowest BCUT2D eigenvalue weighted by Gasteiger charge is -2.33. The first-order valence-electron chi connectivity index (χ1n) is 4.89. The number of rotatable bonds is 6. The molecule has 0 aromatic rings. The Morgan fingerprint density at radius 2 is 1.27 bits per heavy atom. The van der Waals surface area contributed by atoms with Crippen LogP contribution in [-0.2, 0) is 14.3 Å². The van der Waals surface area contributed by atoms with E-state index >= 15 is 0 Å². The van der Waals surface area contributed by atoms with Crippen LogP contribution in [0.1, 0.15) is 40.5 Å². The fourth-order valence-corrected chi connectivity index (χ4v) is 1.03. The monoisotopic (exact) mass is 218 g/mol. The summed E-state index contributed by atoms with van der Waals surface area (Å²) in [6.07, 6.45) is 0.427. The van der Waals surface area contributed by atoms with E-state index in [9.17, 15) is 9.59 Å². The van der Waals surface area contributed by atoms with Crippen molar-refractivity contribution in [2.75, 3.05) is 0 Å². The van der Waals surface area contributed by atoms with Crippen molar-refractivity contribution in [3.05, 3.63) is 0 Å². The Morgan fingerprint density at radius 3 is 1.40 bits per heavy atom. The predicted octanol–water partition coefficient (Wildman–Crippen LogP) is 1.51. The molecule has 0 saturated heterocycles. The number of ether oxygens (including phenoxy) is 1. The Morgan fingerprint density at radius 1 is 1.00 bits per heavy atom. The van der Waals surface area contributed by atoms with Gasteiger partial charge < -0.3 is 14.9 Å². The van der Waals surface area contributed by atoms with Crippen molar-refractivity contribution in [2.24, 2.45) is 0 Å². The molecule has 0 aliphatic carbocycles. The lowest BCUT2D eigenvalue weighted by Crippen LogP contribution is -2.49. The van der Waals surface area contributed by atoms with E-state index in [1.165, 1.54) is 13.8 Å². The van der Waals surface area contributed by atoms with Gasteiger partial charge in [0.2, 0.25) is 0 Å². The van der Waals surface area contributed by atoms with Crippen LogP contribution in [0.2, 0.25) is 0 Å². The quantitative estimate of drug-likeness (QED) is 0.706. The average molecular weight is 218 g/mol. The van der Waals surface area contributed by atoms with Crippen LogP contribution >= 0.6 is 0 Å². The van der Waals surface area contributed by atoms with E-state index in [1.54, 1.807) is 13.8 Å². The highest BCUT2D eigenvalue weighted by atomic mass is 16.6. The fraction of sp³-hybridized carbons (Fsp3) is 0.800. The summed E-state index contributed by atoms with van der Waals surface area (Å²) in [4.78, 5) is 21.9. The number of hydrogen-bond acceptors (Lipinski definition) is 3. The van der Waals surface area contributed by atoms with Gasteiger partial charge in [0.1, 0.15) is 0 Å². The molecule has 0 fully saturated rings.